The van der Waals surface area contributed by atoms with Crippen molar-refractivity contribution in [1.29, 1.82) is 0 Å². The summed E-state index contributed by atoms with van der Waals surface area (Å²) in [7, 11) is 0. The molecule has 3 rings (SSSR count). The number of carbonyl (C=O) groups excluding carboxylic acids is 1. The van der Waals surface area contributed by atoms with Crippen LogP contribution < -0.4 is 5.32 Å². The van der Waals surface area contributed by atoms with E-state index in [1.807, 2.05) is 24.3 Å². The zero-order valence-electron chi connectivity index (χ0n) is 13.2. The minimum atomic E-state index is -1.05. The van der Waals surface area contributed by atoms with Gasteiger partial charge in [0.1, 0.15) is 0 Å². The molecule has 120 valence electrons. The van der Waals surface area contributed by atoms with Crippen LogP contribution in [0.15, 0.2) is 60.7 Å². The first-order valence-corrected chi connectivity index (χ1v) is 7.75. The molecule has 24 heavy (non-hydrogen) atoms. The summed E-state index contributed by atoms with van der Waals surface area (Å²) in [4.78, 5) is 24.1. The third kappa shape index (κ3) is 2.99. The molecule has 1 amide bonds. The van der Waals surface area contributed by atoms with Gasteiger partial charge in [-0.2, -0.15) is 0 Å². The number of anilines is 1. The second kappa shape index (κ2) is 6.54. The van der Waals surface area contributed by atoms with Crippen LogP contribution >= 0.6 is 0 Å². The highest BCUT2D eigenvalue weighted by atomic mass is 16.4. The number of carboxylic acid groups (broad SMARTS) is 1. The molecule has 3 aromatic rings. The Morgan fingerprint density at radius 3 is 2.12 bits per heavy atom. The maximum absolute atomic E-state index is 12.7. The number of rotatable bonds is 4. The molecule has 0 saturated heterocycles. The van der Waals surface area contributed by atoms with E-state index in [4.69, 9.17) is 0 Å². The number of carboxylic acids is 1. The van der Waals surface area contributed by atoms with Gasteiger partial charge >= 0.3 is 5.97 Å². The summed E-state index contributed by atoms with van der Waals surface area (Å²) in [6.45, 7) is 2.07. The minimum absolute atomic E-state index is 0.125. The van der Waals surface area contributed by atoms with E-state index < -0.39 is 5.97 Å². The van der Waals surface area contributed by atoms with Gasteiger partial charge in [0, 0.05) is 16.6 Å². The molecule has 0 atom stereocenters. The summed E-state index contributed by atoms with van der Waals surface area (Å²) in [5, 5.41) is 13.4. The first-order valence-electron chi connectivity index (χ1n) is 7.75. The van der Waals surface area contributed by atoms with Gasteiger partial charge in [-0.25, -0.2) is 4.79 Å². The van der Waals surface area contributed by atoms with Crippen LogP contribution in [0, 0.1) is 0 Å². The molecule has 0 bridgehead atoms. The smallest absolute Gasteiger partial charge is 0.336 e. The number of hydrogen-bond acceptors (Lipinski definition) is 2. The second-order valence-electron chi connectivity index (χ2n) is 5.52. The van der Waals surface area contributed by atoms with E-state index >= 15 is 0 Å². The molecule has 0 aliphatic heterocycles. The number of carbonyl (C=O) groups is 2. The lowest BCUT2D eigenvalue weighted by molar-refractivity contribution is 0.0699. The van der Waals surface area contributed by atoms with Crippen molar-refractivity contribution in [2.45, 2.75) is 13.3 Å². The standard InChI is InChI=1S/C20H17NO3/c1-2-13-9-11-15(12-10-13)21-19(22)16-7-3-5-14-6-4-8-17(18(14)16)20(23)24/h3-12H,2H2,1H3,(H,21,22)(H,23,24). The molecule has 0 aliphatic carbocycles. The molecule has 0 saturated carbocycles. The maximum Gasteiger partial charge on any atom is 0.336 e. The third-order valence-electron chi connectivity index (χ3n) is 4.00. The highest BCUT2D eigenvalue weighted by molar-refractivity contribution is 6.17. The summed E-state index contributed by atoms with van der Waals surface area (Å²) in [5.74, 6) is -1.37. The van der Waals surface area contributed by atoms with Gasteiger partial charge in [-0.15, -0.1) is 0 Å². The molecule has 4 heteroatoms. The van der Waals surface area contributed by atoms with Gasteiger partial charge in [0.05, 0.1) is 5.56 Å². The summed E-state index contributed by atoms with van der Waals surface area (Å²) in [6.07, 6.45) is 0.930. The maximum atomic E-state index is 12.7. The van der Waals surface area contributed by atoms with Gasteiger partial charge in [0.2, 0.25) is 0 Å². The van der Waals surface area contributed by atoms with Crippen LogP contribution in [0.5, 0.6) is 0 Å². The second-order valence-corrected chi connectivity index (χ2v) is 5.52. The van der Waals surface area contributed by atoms with Gasteiger partial charge < -0.3 is 10.4 Å². The monoisotopic (exact) mass is 319 g/mol. The van der Waals surface area contributed by atoms with Crippen LogP contribution in [0.1, 0.15) is 33.2 Å². The zero-order valence-corrected chi connectivity index (χ0v) is 13.2. The van der Waals surface area contributed by atoms with E-state index in [2.05, 4.69) is 12.2 Å². The van der Waals surface area contributed by atoms with Crippen molar-refractivity contribution in [1.82, 2.24) is 0 Å². The number of aromatic carboxylic acids is 1. The number of fused-ring (bicyclic) bond motifs is 1. The van der Waals surface area contributed by atoms with E-state index in [1.165, 1.54) is 11.6 Å². The van der Waals surface area contributed by atoms with E-state index in [0.29, 0.717) is 16.6 Å². The number of hydrogen-bond donors (Lipinski definition) is 2. The predicted molar refractivity (Wildman–Crippen MR) is 94.7 cm³/mol. The van der Waals surface area contributed by atoms with Crippen LogP contribution in [-0.4, -0.2) is 17.0 Å². The third-order valence-corrected chi connectivity index (χ3v) is 4.00. The fourth-order valence-corrected chi connectivity index (χ4v) is 2.73. The molecule has 3 aromatic carbocycles. The van der Waals surface area contributed by atoms with Crippen molar-refractivity contribution < 1.29 is 14.7 Å². The quantitative estimate of drug-likeness (QED) is 0.751. The van der Waals surface area contributed by atoms with Gasteiger partial charge in [-0.05, 0) is 41.6 Å². The van der Waals surface area contributed by atoms with Crippen LogP contribution in [0.25, 0.3) is 10.8 Å². The highest BCUT2D eigenvalue weighted by Crippen LogP contribution is 2.24. The Balaban J connectivity index is 2.01. The minimum Gasteiger partial charge on any atom is -0.478 e. The zero-order chi connectivity index (χ0) is 17.1. The Morgan fingerprint density at radius 2 is 1.54 bits per heavy atom. The van der Waals surface area contributed by atoms with Gasteiger partial charge in [0.25, 0.3) is 5.91 Å². The normalized spacial score (nSPS) is 10.5. The molecule has 4 nitrogen and oxygen atoms in total. The molecule has 2 N–H and O–H groups in total. The summed E-state index contributed by atoms with van der Waals surface area (Å²) in [6, 6.07) is 17.8. The number of aryl methyl sites for hydroxylation is 1. The molecule has 0 radical (unpaired) electrons. The topological polar surface area (TPSA) is 66.4 Å². The molecule has 0 unspecified atom stereocenters. The van der Waals surface area contributed by atoms with Crippen molar-refractivity contribution in [3.05, 3.63) is 77.4 Å². The SMILES string of the molecule is CCc1ccc(NC(=O)c2cccc3cccc(C(=O)O)c23)cc1. The fraction of sp³-hybridized carbons (Fsp3) is 0.100. The molecular weight excluding hydrogens is 302 g/mol. The van der Waals surface area contributed by atoms with E-state index in [1.54, 1.807) is 30.3 Å². The number of benzene rings is 3. The van der Waals surface area contributed by atoms with Crippen LogP contribution in [0.4, 0.5) is 5.69 Å². The molecule has 0 aliphatic rings. The Kier molecular flexibility index (Phi) is 4.29. The van der Waals surface area contributed by atoms with Gasteiger partial charge in [-0.3, -0.25) is 4.79 Å². The average Bonchev–Trinajstić information content (AvgIpc) is 2.61. The summed E-state index contributed by atoms with van der Waals surface area (Å²) in [5.41, 5.74) is 2.35. The first kappa shape index (κ1) is 15.7. The van der Waals surface area contributed by atoms with Gasteiger partial charge in [0.15, 0.2) is 0 Å². The molecular formula is C20H17NO3. The van der Waals surface area contributed by atoms with Crippen LogP contribution in [0.2, 0.25) is 0 Å². The lowest BCUT2D eigenvalue weighted by Gasteiger charge is -2.10. The van der Waals surface area contributed by atoms with Crippen molar-refractivity contribution in [2.24, 2.45) is 0 Å². The predicted octanol–water partition coefficient (Wildman–Crippen LogP) is 4.35. The van der Waals surface area contributed by atoms with Crippen LogP contribution in [0.3, 0.4) is 0 Å². The van der Waals surface area contributed by atoms with Gasteiger partial charge in [-0.1, -0.05) is 43.3 Å². The molecule has 0 fully saturated rings. The largest absolute Gasteiger partial charge is 0.478 e. The lowest BCUT2D eigenvalue weighted by atomic mass is 9.98. The van der Waals surface area contributed by atoms with Crippen LogP contribution in [-0.2, 0) is 6.42 Å². The van der Waals surface area contributed by atoms with Crippen molar-refractivity contribution in [3.8, 4) is 0 Å². The van der Waals surface area contributed by atoms with Crippen molar-refractivity contribution >= 4 is 28.3 Å². The number of nitrogens with one attached hydrogen (secondary N) is 1. The van der Waals surface area contributed by atoms with Crippen molar-refractivity contribution in [2.75, 3.05) is 5.32 Å². The molecule has 0 spiro atoms. The lowest BCUT2D eigenvalue weighted by Crippen LogP contribution is -2.13. The molecule has 0 aromatic heterocycles. The Labute approximate surface area is 139 Å². The number of amides is 1. The summed E-state index contributed by atoms with van der Waals surface area (Å²) < 4.78 is 0. The van der Waals surface area contributed by atoms with E-state index in [9.17, 15) is 14.7 Å². The molecule has 0 heterocycles. The van der Waals surface area contributed by atoms with E-state index in [-0.39, 0.29) is 11.5 Å². The van der Waals surface area contributed by atoms with Crippen molar-refractivity contribution in [3.63, 3.8) is 0 Å². The summed E-state index contributed by atoms with van der Waals surface area (Å²) >= 11 is 0. The first-order chi connectivity index (χ1) is 11.6. The Hall–Kier alpha value is -3.14. The Morgan fingerprint density at radius 1 is 0.917 bits per heavy atom. The fourth-order valence-electron chi connectivity index (χ4n) is 2.73. The Bertz CT molecular complexity index is 909. The highest BCUT2D eigenvalue weighted by Gasteiger charge is 2.16. The van der Waals surface area contributed by atoms with E-state index in [0.717, 1.165) is 11.8 Å². The average molecular weight is 319 g/mol.